The number of hydrogen-bond acceptors (Lipinski definition) is 6. The van der Waals surface area contributed by atoms with Gasteiger partial charge in [0.1, 0.15) is 11.7 Å². The number of carbonyl (C=O) groups is 3. The van der Waals surface area contributed by atoms with E-state index in [4.69, 9.17) is 9.47 Å². The molecule has 1 heterocycles. The summed E-state index contributed by atoms with van der Waals surface area (Å²) in [6, 6.07) is 0. The van der Waals surface area contributed by atoms with Crippen molar-refractivity contribution in [1.82, 2.24) is 0 Å². The van der Waals surface area contributed by atoms with E-state index in [1.165, 1.54) is 25.3 Å². The summed E-state index contributed by atoms with van der Waals surface area (Å²) in [5.74, 6) is -2.27. The van der Waals surface area contributed by atoms with Crippen LogP contribution in [0.4, 0.5) is 0 Å². The number of Topliss-reactive ketones (excluding diaryl/α,β-unsaturated/α-hetero) is 1. The molecule has 0 unspecified atom stereocenters. The molecule has 6 nitrogen and oxygen atoms in total. The Labute approximate surface area is 213 Å². The molecular formula is C30H38O6. The maximum Gasteiger partial charge on any atom is 0.334 e. The van der Waals surface area contributed by atoms with Gasteiger partial charge in [-0.3, -0.25) is 4.79 Å². The fraction of sp³-hybridized carbons (Fsp3) is 0.633. The van der Waals surface area contributed by atoms with Gasteiger partial charge in [-0.25, -0.2) is 9.59 Å². The van der Waals surface area contributed by atoms with Gasteiger partial charge in [0.2, 0.25) is 5.78 Å². The monoisotopic (exact) mass is 494 g/mol. The summed E-state index contributed by atoms with van der Waals surface area (Å²) in [7, 11) is 0. The summed E-state index contributed by atoms with van der Waals surface area (Å²) < 4.78 is 11.4. The Balaban J connectivity index is 1.36. The molecule has 1 N–H and O–H groups in total. The first kappa shape index (κ1) is 25.2. The standard InChI is InChI=1S/C30H38O6/c1-15-8-7-12-29(5)13-11-19(14-21(15)29)17(3)27(32)36-26-24(31)22-16(2)9-10-20-18(4)28(33)35-25(20)23(22)30(26,6)34/h19-21,23,25-26,34H,1,3-4,7-14H2,2,5-6H3/t19-,20-,21+,23-,25-,26-,29-,30-/m0/s1. The Kier molecular flexibility index (Phi) is 5.98. The normalized spacial score (nSPS) is 42.3. The van der Waals surface area contributed by atoms with E-state index in [1.807, 2.05) is 6.92 Å². The number of fused-ring (bicyclic) bond motifs is 4. The molecule has 36 heavy (non-hydrogen) atoms. The first-order valence-corrected chi connectivity index (χ1v) is 13.3. The fourth-order valence-corrected chi connectivity index (χ4v) is 7.82. The molecule has 1 saturated heterocycles. The number of allylic oxidation sites excluding steroid dienone is 2. The van der Waals surface area contributed by atoms with E-state index in [1.54, 1.807) is 0 Å². The van der Waals surface area contributed by atoms with Crippen molar-refractivity contribution >= 4 is 17.7 Å². The van der Waals surface area contributed by atoms with Crippen LogP contribution in [0.25, 0.3) is 0 Å². The van der Waals surface area contributed by atoms with Crippen molar-refractivity contribution in [1.29, 1.82) is 0 Å². The second-order valence-corrected chi connectivity index (χ2v) is 12.3. The van der Waals surface area contributed by atoms with Crippen LogP contribution in [0.5, 0.6) is 0 Å². The molecule has 0 radical (unpaired) electrons. The van der Waals surface area contributed by atoms with Crippen molar-refractivity contribution in [3.05, 3.63) is 47.6 Å². The average Bonchev–Trinajstić information content (AvgIpc) is 3.12. The Morgan fingerprint density at radius 2 is 1.86 bits per heavy atom. The Bertz CT molecular complexity index is 1110. The molecule has 3 saturated carbocycles. The van der Waals surface area contributed by atoms with E-state index >= 15 is 0 Å². The lowest BCUT2D eigenvalue weighted by Crippen LogP contribution is -2.49. The minimum atomic E-state index is -1.72. The van der Waals surface area contributed by atoms with E-state index in [-0.39, 0.29) is 17.3 Å². The molecule has 5 rings (SSSR count). The quantitative estimate of drug-likeness (QED) is 0.345. The van der Waals surface area contributed by atoms with Crippen molar-refractivity contribution in [2.45, 2.75) is 89.9 Å². The van der Waals surface area contributed by atoms with Gasteiger partial charge in [-0.2, -0.15) is 0 Å². The number of ether oxygens (including phenoxy) is 2. The van der Waals surface area contributed by atoms with Crippen molar-refractivity contribution < 1.29 is 29.0 Å². The van der Waals surface area contributed by atoms with Crippen LogP contribution < -0.4 is 0 Å². The number of rotatable bonds is 3. The maximum absolute atomic E-state index is 13.6. The molecule has 4 fully saturated rings. The van der Waals surface area contributed by atoms with Gasteiger partial charge in [0.05, 0.1) is 5.92 Å². The molecule has 194 valence electrons. The van der Waals surface area contributed by atoms with Gasteiger partial charge < -0.3 is 14.6 Å². The van der Waals surface area contributed by atoms with Crippen LogP contribution in [-0.2, 0) is 23.9 Å². The van der Waals surface area contributed by atoms with E-state index < -0.39 is 41.4 Å². The molecule has 0 spiro atoms. The smallest absolute Gasteiger partial charge is 0.334 e. The molecule has 0 bridgehead atoms. The first-order valence-electron chi connectivity index (χ1n) is 13.3. The first-order chi connectivity index (χ1) is 16.9. The predicted octanol–water partition coefficient (Wildman–Crippen LogP) is 4.78. The second-order valence-electron chi connectivity index (χ2n) is 12.3. The SMILES string of the molecule is C=C(C(=O)O[C@H]1C(=O)C2=C(C)CC[C@H]3C(=C)C(=O)O[C@@H]3[C@H]2[C@]1(C)O)[C@H]1CC[C@]2(C)CCCC(=C)[C@H]2C1. The van der Waals surface area contributed by atoms with Gasteiger partial charge in [0.25, 0.3) is 0 Å². The highest BCUT2D eigenvalue weighted by Gasteiger charge is 2.64. The van der Waals surface area contributed by atoms with Crippen LogP contribution in [-0.4, -0.2) is 40.6 Å². The number of esters is 2. The highest BCUT2D eigenvalue weighted by atomic mass is 16.6. The van der Waals surface area contributed by atoms with E-state index in [2.05, 4.69) is 26.7 Å². The minimum absolute atomic E-state index is 0.0400. The van der Waals surface area contributed by atoms with Crippen molar-refractivity contribution in [2.75, 3.05) is 0 Å². The Morgan fingerprint density at radius 1 is 1.14 bits per heavy atom. The minimum Gasteiger partial charge on any atom is -0.458 e. The van der Waals surface area contributed by atoms with Gasteiger partial charge >= 0.3 is 11.9 Å². The van der Waals surface area contributed by atoms with Crippen LogP contribution in [0, 0.1) is 29.1 Å². The molecule has 0 amide bonds. The van der Waals surface area contributed by atoms with E-state index in [0.29, 0.717) is 35.5 Å². The Morgan fingerprint density at radius 3 is 2.58 bits per heavy atom. The summed E-state index contributed by atoms with van der Waals surface area (Å²) in [4.78, 5) is 39.2. The van der Waals surface area contributed by atoms with Crippen molar-refractivity contribution in [3.63, 3.8) is 0 Å². The summed E-state index contributed by atoms with van der Waals surface area (Å²) in [5, 5.41) is 11.7. The zero-order valence-corrected chi connectivity index (χ0v) is 21.7. The summed E-state index contributed by atoms with van der Waals surface area (Å²) in [6.07, 6.45) is 5.17. The number of ketones is 1. The molecule has 1 aliphatic heterocycles. The molecule has 8 atom stereocenters. The Hall–Kier alpha value is -2.47. The third-order valence-electron chi connectivity index (χ3n) is 10.1. The highest BCUT2D eigenvalue weighted by Crippen LogP contribution is 2.55. The van der Waals surface area contributed by atoms with Gasteiger partial charge in [-0.05, 0) is 82.5 Å². The zero-order chi connectivity index (χ0) is 26.2. The molecule has 0 aromatic rings. The second kappa shape index (κ2) is 8.54. The van der Waals surface area contributed by atoms with Crippen LogP contribution in [0.1, 0.15) is 72.1 Å². The van der Waals surface area contributed by atoms with Crippen molar-refractivity contribution in [3.8, 4) is 0 Å². The van der Waals surface area contributed by atoms with Gasteiger partial charge in [0.15, 0.2) is 6.10 Å². The van der Waals surface area contributed by atoms with Crippen LogP contribution in [0.15, 0.2) is 47.6 Å². The van der Waals surface area contributed by atoms with E-state index in [9.17, 15) is 19.5 Å². The molecule has 5 aliphatic rings. The summed E-state index contributed by atoms with van der Waals surface area (Å²) in [6.45, 7) is 18.0. The molecule has 6 heteroatoms. The lowest BCUT2D eigenvalue weighted by molar-refractivity contribution is -0.169. The zero-order valence-electron chi connectivity index (χ0n) is 21.7. The van der Waals surface area contributed by atoms with Gasteiger partial charge in [0, 0.05) is 22.6 Å². The molecule has 0 aromatic carbocycles. The lowest BCUT2D eigenvalue weighted by atomic mass is 9.56. The largest absolute Gasteiger partial charge is 0.458 e. The van der Waals surface area contributed by atoms with Crippen molar-refractivity contribution in [2.24, 2.45) is 29.1 Å². The lowest BCUT2D eigenvalue weighted by Gasteiger charge is -2.49. The number of hydrogen-bond donors (Lipinski definition) is 1. The van der Waals surface area contributed by atoms with Crippen LogP contribution in [0.2, 0.25) is 0 Å². The fourth-order valence-electron chi connectivity index (χ4n) is 7.82. The van der Waals surface area contributed by atoms with E-state index in [0.717, 1.165) is 31.3 Å². The predicted molar refractivity (Wildman–Crippen MR) is 135 cm³/mol. The maximum atomic E-state index is 13.6. The average molecular weight is 495 g/mol. The summed E-state index contributed by atoms with van der Waals surface area (Å²) >= 11 is 0. The molecule has 4 aliphatic carbocycles. The molecule has 0 aromatic heterocycles. The number of carbonyl (C=O) groups excluding carboxylic acids is 3. The van der Waals surface area contributed by atoms with Crippen LogP contribution >= 0.6 is 0 Å². The van der Waals surface area contributed by atoms with Crippen LogP contribution in [0.3, 0.4) is 0 Å². The summed E-state index contributed by atoms with van der Waals surface area (Å²) in [5.41, 5.74) is 1.75. The number of aliphatic hydroxyl groups is 1. The highest BCUT2D eigenvalue weighted by molar-refractivity contribution is 6.06. The molecular weight excluding hydrogens is 456 g/mol. The third kappa shape index (κ3) is 3.67. The van der Waals surface area contributed by atoms with Gasteiger partial charge in [-0.1, -0.05) is 37.8 Å². The topological polar surface area (TPSA) is 89.9 Å². The third-order valence-corrected chi connectivity index (χ3v) is 10.1. The van der Waals surface area contributed by atoms with Gasteiger partial charge in [-0.15, -0.1) is 0 Å².